The first kappa shape index (κ1) is 27.2. The number of benzene rings is 1. The Labute approximate surface area is 224 Å². The summed E-state index contributed by atoms with van der Waals surface area (Å²) in [7, 11) is 0. The van der Waals surface area contributed by atoms with E-state index in [9.17, 15) is 22.4 Å². The molecule has 1 aliphatic carbocycles. The molecule has 2 aliphatic rings. The zero-order chi connectivity index (χ0) is 27.8. The summed E-state index contributed by atoms with van der Waals surface area (Å²) in [5, 5.41) is 6.69. The third kappa shape index (κ3) is 6.26. The van der Waals surface area contributed by atoms with E-state index in [2.05, 4.69) is 20.1 Å². The number of pyridine rings is 1. The molecule has 1 saturated carbocycles. The van der Waals surface area contributed by atoms with Crippen LogP contribution in [0.1, 0.15) is 31.2 Å². The molecule has 3 aromatic rings. The number of aromatic nitrogens is 3. The van der Waals surface area contributed by atoms with Crippen molar-refractivity contribution in [3.05, 3.63) is 63.7 Å². The summed E-state index contributed by atoms with van der Waals surface area (Å²) >= 11 is 6.23. The molecule has 3 N–H and O–H groups in total. The van der Waals surface area contributed by atoms with E-state index in [1.807, 2.05) is 0 Å². The Bertz CT molecular complexity index is 1410. The molecule has 208 valence electrons. The van der Waals surface area contributed by atoms with Crippen LogP contribution >= 0.6 is 11.6 Å². The van der Waals surface area contributed by atoms with Crippen molar-refractivity contribution in [2.24, 2.45) is 5.73 Å². The van der Waals surface area contributed by atoms with Gasteiger partial charge in [0.25, 0.3) is 5.56 Å². The summed E-state index contributed by atoms with van der Waals surface area (Å²) in [5.74, 6) is -0.835. The van der Waals surface area contributed by atoms with Gasteiger partial charge in [-0.15, -0.1) is 13.2 Å². The van der Waals surface area contributed by atoms with Gasteiger partial charge in [-0.1, -0.05) is 17.7 Å². The number of nitrogens with one attached hydrogen (secondary N) is 1. The van der Waals surface area contributed by atoms with E-state index in [1.165, 1.54) is 36.7 Å². The van der Waals surface area contributed by atoms with Crippen LogP contribution < -0.4 is 26.1 Å². The molecule has 0 amide bonds. The Morgan fingerprint density at radius 3 is 2.59 bits per heavy atom. The van der Waals surface area contributed by atoms with Crippen molar-refractivity contribution in [2.75, 3.05) is 25.1 Å². The molecule has 2 aromatic heterocycles. The van der Waals surface area contributed by atoms with Gasteiger partial charge in [0, 0.05) is 18.2 Å². The highest BCUT2D eigenvalue weighted by Crippen LogP contribution is 2.46. The molecule has 5 rings (SSSR count). The van der Waals surface area contributed by atoms with Gasteiger partial charge in [-0.3, -0.25) is 4.79 Å². The Balaban J connectivity index is 1.33. The summed E-state index contributed by atoms with van der Waals surface area (Å²) in [6.07, 6.45) is -0.103. The summed E-state index contributed by atoms with van der Waals surface area (Å²) in [6, 6.07) is 6.78. The van der Waals surface area contributed by atoms with Gasteiger partial charge in [-0.2, -0.15) is 9.78 Å². The van der Waals surface area contributed by atoms with Crippen LogP contribution in [0.2, 0.25) is 5.02 Å². The lowest BCUT2D eigenvalue weighted by atomic mass is 9.99. The highest BCUT2D eigenvalue weighted by molar-refractivity contribution is 6.32. The van der Waals surface area contributed by atoms with Crippen LogP contribution in [-0.4, -0.2) is 46.6 Å². The molecule has 3 heterocycles. The van der Waals surface area contributed by atoms with E-state index in [0.29, 0.717) is 37.9 Å². The van der Waals surface area contributed by atoms with Crippen LogP contribution in [0, 0.1) is 0 Å². The maximum atomic E-state index is 14.8. The molecule has 0 spiro atoms. The largest absolute Gasteiger partial charge is 0.573 e. The van der Waals surface area contributed by atoms with E-state index < -0.39 is 28.9 Å². The molecule has 2 fully saturated rings. The second-order valence-corrected chi connectivity index (χ2v) is 9.95. The number of halogens is 5. The van der Waals surface area contributed by atoms with E-state index >= 15 is 0 Å². The second-order valence-electron chi connectivity index (χ2n) is 9.57. The molecular weight excluding hydrogens is 546 g/mol. The Morgan fingerprint density at radius 2 is 1.95 bits per heavy atom. The molecule has 9 nitrogen and oxygen atoms in total. The third-order valence-electron chi connectivity index (χ3n) is 6.50. The molecular formula is C25H24ClF4N5O4. The lowest BCUT2D eigenvalue weighted by Gasteiger charge is -2.29. The first-order valence-electron chi connectivity index (χ1n) is 12.1. The number of nitrogens with zero attached hydrogens (tertiary/aromatic N) is 3. The van der Waals surface area contributed by atoms with E-state index in [4.69, 9.17) is 26.8 Å². The topological polar surface area (TPSA) is 114 Å². The first-order valence-corrected chi connectivity index (χ1v) is 12.4. The number of rotatable bonds is 8. The predicted octanol–water partition coefficient (Wildman–Crippen LogP) is 4.85. The minimum absolute atomic E-state index is 0.0522. The van der Waals surface area contributed by atoms with Gasteiger partial charge < -0.3 is 25.3 Å². The Morgan fingerprint density at radius 1 is 1.15 bits per heavy atom. The minimum Gasteiger partial charge on any atom is -0.435 e. The molecule has 1 aliphatic heterocycles. The van der Waals surface area contributed by atoms with E-state index in [-0.39, 0.29) is 41.2 Å². The number of hydrogen-bond donors (Lipinski definition) is 2. The summed E-state index contributed by atoms with van der Waals surface area (Å²) in [4.78, 5) is 16.9. The molecule has 0 bridgehead atoms. The number of anilines is 1. The third-order valence-corrected chi connectivity index (χ3v) is 6.87. The fourth-order valence-corrected chi connectivity index (χ4v) is 4.35. The molecule has 1 saturated heterocycles. The number of alkyl halides is 4. The number of hydrogen-bond acceptors (Lipinski definition) is 8. The smallest absolute Gasteiger partial charge is 0.435 e. The summed E-state index contributed by atoms with van der Waals surface area (Å²) in [5.41, 5.74) is 4.28. The van der Waals surface area contributed by atoms with Gasteiger partial charge in [0.1, 0.15) is 5.02 Å². The monoisotopic (exact) mass is 569 g/mol. The van der Waals surface area contributed by atoms with Crippen LogP contribution in [0.4, 0.5) is 23.2 Å². The van der Waals surface area contributed by atoms with Gasteiger partial charge in [0.05, 0.1) is 36.9 Å². The van der Waals surface area contributed by atoms with Crippen molar-refractivity contribution >= 4 is 17.3 Å². The highest BCUT2D eigenvalue weighted by atomic mass is 35.5. The van der Waals surface area contributed by atoms with Crippen molar-refractivity contribution in [1.29, 1.82) is 0 Å². The van der Waals surface area contributed by atoms with Gasteiger partial charge >= 0.3 is 6.36 Å². The van der Waals surface area contributed by atoms with Gasteiger partial charge in [0.15, 0.2) is 17.2 Å². The summed E-state index contributed by atoms with van der Waals surface area (Å²) in [6.45, 7) is 0.354. The average molecular weight is 570 g/mol. The zero-order valence-electron chi connectivity index (χ0n) is 20.4. The maximum Gasteiger partial charge on any atom is 0.573 e. The zero-order valence-corrected chi connectivity index (χ0v) is 21.2. The van der Waals surface area contributed by atoms with Crippen LogP contribution in [0.3, 0.4) is 0 Å². The Kier molecular flexibility index (Phi) is 7.16. The molecule has 14 heteroatoms. The van der Waals surface area contributed by atoms with Crippen molar-refractivity contribution < 1.29 is 31.8 Å². The maximum absolute atomic E-state index is 14.8. The fourth-order valence-electron chi connectivity index (χ4n) is 4.15. The van der Waals surface area contributed by atoms with E-state index in [1.54, 1.807) is 0 Å². The van der Waals surface area contributed by atoms with Crippen molar-refractivity contribution in [3.8, 4) is 23.1 Å². The SMILES string of the molecule is NC1(c2ccc(OC(F)(F)F)c(Oc3ccc(-n4ncc(NC[C@@]5(F)CCCOC5)c(Cl)c4=O)cn3)c2)CC1. The molecule has 0 unspecified atom stereocenters. The van der Waals surface area contributed by atoms with Gasteiger partial charge in [-0.05, 0) is 49.4 Å². The molecule has 0 radical (unpaired) electrons. The first-order chi connectivity index (χ1) is 18.4. The van der Waals surface area contributed by atoms with Gasteiger partial charge in [-0.25, -0.2) is 9.37 Å². The minimum atomic E-state index is -4.93. The fraction of sp³-hybridized carbons (Fsp3) is 0.400. The number of nitrogens with two attached hydrogens (primary N) is 1. The Hall–Kier alpha value is -3.42. The molecule has 1 atom stereocenters. The average Bonchev–Trinajstić information content (AvgIpc) is 3.64. The lowest BCUT2D eigenvalue weighted by Crippen LogP contribution is -2.40. The van der Waals surface area contributed by atoms with Gasteiger partial charge in [0.2, 0.25) is 5.88 Å². The summed E-state index contributed by atoms with van der Waals surface area (Å²) < 4.78 is 69.4. The van der Waals surface area contributed by atoms with Crippen LogP contribution in [0.15, 0.2) is 47.5 Å². The van der Waals surface area contributed by atoms with Crippen LogP contribution in [0.25, 0.3) is 5.69 Å². The lowest BCUT2D eigenvalue weighted by molar-refractivity contribution is -0.275. The second kappa shape index (κ2) is 10.3. The standard InChI is InChI=1S/C25H24ClF4N5O4/c26-21-17(33-13-23(27)6-1-9-37-14-23)12-34-35(22(21)36)16-3-5-20(32-11-16)38-19-10-15(24(31)7-8-24)2-4-18(19)39-25(28,29)30/h2-5,10-12,33H,1,6-9,13-14,31H2/t23-/m0/s1. The molecule has 39 heavy (non-hydrogen) atoms. The van der Waals surface area contributed by atoms with Crippen molar-refractivity contribution in [3.63, 3.8) is 0 Å². The van der Waals surface area contributed by atoms with Crippen LogP contribution in [-0.2, 0) is 10.3 Å². The van der Waals surface area contributed by atoms with Crippen LogP contribution in [0.5, 0.6) is 17.4 Å². The number of ether oxygens (including phenoxy) is 3. The van der Waals surface area contributed by atoms with E-state index in [0.717, 1.165) is 10.7 Å². The van der Waals surface area contributed by atoms with Crippen molar-refractivity contribution in [2.45, 2.75) is 43.3 Å². The quantitative estimate of drug-likeness (QED) is 0.370. The highest BCUT2D eigenvalue weighted by Gasteiger charge is 2.41. The normalized spacial score (nSPS) is 20.4. The predicted molar refractivity (Wildman–Crippen MR) is 133 cm³/mol. The van der Waals surface area contributed by atoms with Crippen molar-refractivity contribution in [1.82, 2.24) is 14.8 Å². The molecule has 1 aromatic carbocycles.